The minimum atomic E-state index is 0.0120. The van der Waals surface area contributed by atoms with E-state index in [0.717, 1.165) is 26.9 Å². The van der Waals surface area contributed by atoms with Crippen LogP contribution in [0.4, 0.5) is 5.69 Å². The smallest absolute Gasteiger partial charge is 0.223 e. The van der Waals surface area contributed by atoms with Crippen molar-refractivity contribution in [2.45, 2.75) is 40.0 Å². The molecule has 0 N–H and O–H groups in total. The molecule has 5 heteroatoms. The highest BCUT2D eigenvalue weighted by molar-refractivity contribution is 9.10. The van der Waals surface area contributed by atoms with Crippen molar-refractivity contribution in [3.8, 4) is 0 Å². The van der Waals surface area contributed by atoms with Gasteiger partial charge in [0.15, 0.2) is 11.7 Å². The van der Waals surface area contributed by atoms with Crippen LogP contribution in [0.15, 0.2) is 16.3 Å². The predicted octanol–water partition coefficient (Wildman–Crippen LogP) is 3.66. The highest BCUT2D eigenvalue weighted by Gasteiger charge is 2.34. The van der Waals surface area contributed by atoms with Gasteiger partial charge in [-0.2, -0.15) is 0 Å². The molecule has 0 radical (unpaired) electrons. The van der Waals surface area contributed by atoms with Gasteiger partial charge in [0, 0.05) is 36.0 Å². The second-order valence-electron chi connectivity index (χ2n) is 5.55. The number of hydrogen-bond acceptors (Lipinski definition) is 3. The van der Waals surface area contributed by atoms with Crippen molar-refractivity contribution in [2.75, 3.05) is 18.1 Å². The fraction of sp³-hybridized carbons (Fsp3) is 0.471. The van der Waals surface area contributed by atoms with Crippen LogP contribution in [0.3, 0.4) is 0 Å². The number of allylic oxidation sites excluding steroid dienone is 1. The van der Waals surface area contributed by atoms with Crippen LogP contribution >= 0.6 is 15.9 Å². The summed E-state index contributed by atoms with van der Waals surface area (Å²) in [5.41, 5.74) is 4.27. The summed E-state index contributed by atoms with van der Waals surface area (Å²) in [7, 11) is 0. The topological polar surface area (TPSA) is 46.6 Å². The third-order valence-corrected chi connectivity index (χ3v) is 5.28. The maximum Gasteiger partial charge on any atom is 0.223 e. The van der Waals surface area contributed by atoms with E-state index in [2.05, 4.69) is 15.9 Å². The van der Waals surface area contributed by atoms with Gasteiger partial charge >= 0.3 is 0 Å². The number of halogens is 1. The Kier molecular flexibility index (Phi) is 5.09. The molecule has 1 atom stereocenters. The Morgan fingerprint density at radius 1 is 1.50 bits per heavy atom. The van der Waals surface area contributed by atoms with Crippen molar-refractivity contribution in [3.05, 3.63) is 33.0 Å². The Balaban J connectivity index is 2.48. The van der Waals surface area contributed by atoms with Crippen molar-refractivity contribution in [2.24, 2.45) is 0 Å². The minimum absolute atomic E-state index is 0.0120. The molecule has 0 aliphatic carbocycles. The van der Waals surface area contributed by atoms with Crippen LogP contribution in [0.2, 0.25) is 0 Å². The molecule has 2 rings (SSSR count). The van der Waals surface area contributed by atoms with Crippen molar-refractivity contribution >= 4 is 33.5 Å². The lowest BCUT2D eigenvalue weighted by Crippen LogP contribution is -2.27. The number of carbonyl (C=O) groups is 1. The molecule has 1 aliphatic rings. The van der Waals surface area contributed by atoms with E-state index in [4.69, 9.17) is 4.74 Å². The number of carbonyl (C=O) groups excluding carboxylic acids is 2. The Bertz CT molecular complexity index is 662. The standard InChI is InChI=1S/C17H20BrNO3/c1-5-22-14(9-20)7-13-8-19(12(4)21)15-6-10(2)17(18)11(3)16(13)15/h6,13H,5,7-8H2,1-4H3. The molecule has 0 saturated carbocycles. The molecule has 1 amide bonds. The van der Waals surface area contributed by atoms with Crippen molar-refractivity contribution in [3.63, 3.8) is 0 Å². The molecule has 4 nitrogen and oxygen atoms in total. The first kappa shape index (κ1) is 16.8. The van der Waals surface area contributed by atoms with Gasteiger partial charge in [-0.3, -0.25) is 4.79 Å². The van der Waals surface area contributed by atoms with Crippen LogP contribution in [0.1, 0.15) is 42.9 Å². The molecule has 0 bridgehead atoms. The van der Waals surface area contributed by atoms with Crippen LogP contribution in [-0.2, 0) is 14.3 Å². The van der Waals surface area contributed by atoms with Gasteiger partial charge < -0.3 is 9.64 Å². The number of hydrogen-bond donors (Lipinski definition) is 0. The Hall–Kier alpha value is -1.58. The van der Waals surface area contributed by atoms with Crippen LogP contribution in [0.5, 0.6) is 0 Å². The van der Waals surface area contributed by atoms with Crippen LogP contribution in [-0.4, -0.2) is 25.0 Å². The number of rotatable bonds is 4. The van der Waals surface area contributed by atoms with Gasteiger partial charge in [0.1, 0.15) is 0 Å². The highest BCUT2D eigenvalue weighted by atomic mass is 79.9. The third-order valence-electron chi connectivity index (χ3n) is 4.05. The number of anilines is 1. The number of aryl methyl sites for hydroxylation is 1. The predicted molar refractivity (Wildman–Crippen MR) is 89.8 cm³/mol. The Labute approximate surface area is 139 Å². The molecule has 118 valence electrons. The van der Waals surface area contributed by atoms with Gasteiger partial charge in [-0.25, -0.2) is 4.79 Å². The molecule has 1 aliphatic heterocycles. The first-order valence-electron chi connectivity index (χ1n) is 7.35. The van der Waals surface area contributed by atoms with E-state index in [0.29, 0.717) is 25.3 Å². The molecule has 1 heterocycles. The van der Waals surface area contributed by atoms with E-state index >= 15 is 0 Å². The van der Waals surface area contributed by atoms with Gasteiger partial charge in [-0.15, -0.1) is 0 Å². The summed E-state index contributed by atoms with van der Waals surface area (Å²) < 4.78 is 6.39. The number of amides is 1. The van der Waals surface area contributed by atoms with Crippen molar-refractivity contribution in [1.82, 2.24) is 0 Å². The molecule has 22 heavy (non-hydrogen) atoms. The maximum atomic E-state index is 11.9. The van der Waals surface area contributed by atoms with Crippen LogP contribution in [0.25, 0.3) is 0 Å². The van der Waals surface area contributed by atoms with Crippen LogP contribution < -0.4 is 4.90 Å². The summed E-state index contributed by atoms with van der Waals surface area (Å²) in [4.78, 5) is 24.8. The van der Waals surface area contributed by atoms with Gasteiger partial charge in [-0.1, -0.05) is 15.9 Å². The Morgan fingerprint density at radius 3 is 2.73 bits per heavy atom. The third kappa shape index (κ3) is 2.96. The zero-order valence-electron chi connectivity index (χ0n) is 13.3. The van der Waals surface area contributed by atoms with Gasteiger partial charge in [0.2, 0.25) is 5.91 Å². The van der Waals surface area contributed by atoms with Crippen molar-refractivity contribution in [1.29, 1.82) is 0 Å². The zero-order valence-corrected chi connectivity index (χ0v) is 14.9. The van der Waals surface area contributed by atoms with E-state index in [-0.39, 0.29) is 11.8 Å². The van der Waals surface area contributed by atoms with Crippen molar-refractivity contribution < 1.29 is 14.3 Å². The zero-order chi connectivity index (χ0) is 16.4. The summed E-state index contributed by atoms with van der Waals surface area (Å²) >= 11 is 3.61. The maximum absolute atomic E-state index is 11.9. The second kappa shape index (κ2) is 6.67. The minimum Gasteiger partial charge on any atom is -0.487 e. The van der Waals surface area contributed by atoms with Gasteiger partial charge in [-0.05, 0) is 43.5 Å². The van der Waals surface area contributed by atoms with Crippen LogP contribution in [0, 0.1) is 13.8 Å². The first-order chi connectivity index (χ1) is 10.4. The summed E-state index contributed by atoms with van der Waals surface area (Å²) in [6.07, 6.45) is 0.463. The number of fused-ring (bicyclic) bond motifs is 1. The molecule has 0 spiro atoms. The summed E-state index contributed by atoms with van der Waals surface area (Å²) in [6, 6.07) is 2.03. The number of ether oxygens (including phenoxy) is 1. The van der Waals surface area contributed by atoms with E-state index in [1.165, 1.54) is 0 Å². The molecule has 0 saturated heterocycles. The normalized spacial score (nSPS) is 16.2. The highest BCUT2D eigenvalue weighted by Crippen LogP contribution is 2.44. The fourth-order valence-electron chi connectivity index (χ4n) is 3.09. The lowest BCUT2D eigenvalue weighted by Gasteiger charge is -2.16. The average molecular weight is 366 g/mol. The number of nitrogens with zero attached hydrogens (tertiary/aromatic N) is 1. The monoisotopic (exact) mass is 365 g/mol. The fourth-order valence-corrected chi connectivity index (χ4v) is 3.42. The number of benzene rings is 1. The van der Waals surface area contributed by atoms with E-state index in [1.54, 1.807) is 11.8 Å². The summed E-state index contributed by atoms with van der Waals surface area (Å²) in [6.45, 7) is 8.47. The largest absolute Gasteiger partial charge is 0.487 e. The van der Waals surface area contributed by atoms with E-state index in [9.17, 15) is 9.59 Å². The summed E-state index contributed by atoms with van der Waals surface area (Å²) in [5.74, 6) is 2.27. The molecular formula is C17H20BrNO3. The van der Waals surface area contributed by atoms with Gasteiger partial charge in [0.25, 0.3) is 0 Å². The molecule has 0 fully saturated rings. The molecule has 0 aromatic heterocycles. The lowest BCUT2D eigenvalue weighted by atomic mass is 9.92. The quantitative estimate of drug-likeness (QED) is 0.604. The van der Waals surface area contributed by atoms with E-state index < -0.39 is 0 Å². The lowest BCUT2D eigenvalue weighted by molar-refractivity contribution is -0.116. The second-order valence-corrected chi connectivity index (χ2v) is 6.35. The van der Waals surface area contributed by atoms with Gasteiger partial charge in [0.05, 0.1) is 6.61 Å². The molecular weight excluding hydrogens is 346 g/mol. The van der Waals surface area contributed by atoms with E-state index in [1.807, 2.05) is 32.8 Å². The average Bonchev–Trinajstić information content (AvgIpc) is 2.83. The Morgan fingerprint density at radius 2 is 2.18 bits per heavy atom. The summed E-state index contributed by atoms with van der Waals surface area (Å²) in [5, 5.41) is 0. The first-order valence-corrected chi connectivity index (χ1v) is 8.14. The molecule has 1 aromatic rings. The SMILES string of the molecule is CCOC(=C=O)CC1CN(C(C)=O)c2cc(C)c(Br)c(C)c21. The molecule has 1 unspecified atom stereocenters. The molecule has 1 aromatic carbocycles.